The minimum Gasteiger partial charge on any atom is -0.478 e. The van der Waals surface area contributed by atoms with E-state index in [0.29, 0.717) is 11.3 Å². The number of nitrogens with one attached hydrogen (secondary N) is 1. The molecule has 0 aliphatic rings. The Hall–Kier alpha value is -1.92. The molecule has 0 spiro atoms. The number of hydrogen-bond acceptors (Lipinski definition) is 4. The smallest absolute Gasteiger partial charge is 0.336 e. The predicted molar refractivity (Wildman–Crippen MR) is 66.6 cm³/mol. The van der Waals surface area contributed by atoms with Gasteiger partial charge >= 0.3 is 5.97 Å². The van der Waals surface area contributed by atoms with Crippen LogP contribution in [0.3, 0.4) is 0 Å². The zero-order valence-electron chi connectivity index (χ0n) is 10.3. The third kappa shape index (κ3) is 3.06. The van der Waals surface area contributed by atoms with E-state index in [-0.39, 0.29) is 12.1 Å². The first-order chi connectivity index (χ1) is 8.51. The molecular weight excluding hydrogens is 236 g/mol. The number of amides is 1. The Morgan fingerprint density at radius 1 is 1.50 bits per heavy atom. The molecule has 0 bridgehead atoms. The van der Waals surface area contributed by atoms with Crippen LogP contribution in [0, 0.1) is 6.92 Å². The lowest BCUT2D eigenvalue weighted by atomic mass is 10.1. The van der Waals surface area contributed by atoms with Crippen molar-refractivity contribution in [3.8, 4) is 0 Å². The minimum atomic E-state index is -1.04. The Morgan fingerprint density at radius 3 is 2.67 bits per heavy atom. The average Bonchev–Trinajstić information content (AvgIpc) is 2.33. The van der Waals surface area contributed by atoms with Gasteiger partial charge in [0, 0.05) is 19.3 Å². The van der Waals surface area contributed by atoms with Crippen LogP contribution in [-0.4, -0.2) is 36.7 Å². The Bertz CT molecular complexity index is 455. The third-order valence-corrected chi connectivity index (χ3v) is 2.61. The molecule has 0 saturated carbocycles. The van der Waals surface area contributed by atoms with E-state index in [1.54, 1.807) is 19.1 Å². The number of carbonyl (C=O) groups excluding carboxylic acids is 1. The minimum absolute atomic E-state index is 0.0556. The topological polar surface area (TPSA) is 102 Å². The Labute approximate surface area is 105 Å². The van der Waals surface area contributed by atoms with Crippen molar-refractivity contribution in [1.82, 2.24) is 0 Å². The Morgan fingerprint density at radius 2 is 2.17 bits per heavy atom. The highest BCUT2D eigenvalue weighted by atomic mass is 16.5. The van der Waals surface area contributed by atoms with Crippen LogP contribution >= 0.6 is 0 Å². The van der Waals surface area contributed by atoms with E-state index in [1.165, 1.54) is 13.2 Å². The molecule has 1 unspecified atom stereocenters. The molecule has 0 saturated heterocycles. The van der Waals surface area contributed by atoms with Crippen LogP contribution in [0.1, 0.15) is 15.9 Å². The summed E-state index contributed by atoms with van der Waals surface area (Å²) in [4.78, 5) is 22.7. The number of nitrogens with two attached hydrogens (primary N) is 1. The zero-order chi connectivity index (χ0) is 13.7. The molecule has 1 amide bonds. The van der Waals surface area contributed by atoms with Crippen molar-refractivity contribution in [1.29, 1.82) is 0 Å². The van der Waals surface area contributed by atoms with Crippen molar-refractivity contribution in [2.75, 3.05) is 19.0 Å². The summed E-state index contributed by atoms with van der Waals surface area (Å²) >= 11 is 0. The van der Waals surface area contributed by atoms with Crippen molar-refractivity contribution in [2.24, 2.45) is 5.73 Å². The summed E-state index contributed by atoms with van der Waals surface area (Å²) in [6.07, 6.45) is -0.752. The van der Waals surface area contributed by atoms with Gasteiger partial charge in [0.15, 0.2) is 0 Å². The van der Waals surface area contributed by atoms with Gasteiger partial charge in [0.05, 0.1) is 5.56 Å². The molecule has 98 valence electrons. The molecule has 0 aliphatic carbocycles. The monoisotopic (exact) mass is 252 g/mol. The summed E-state index contributed by atoms with van der Waals surface area (Å²) < 4.78 is 4.90. The fourth-order valence-corrected chi connectivity index (χ4v) is 1.53. The second kappa shape index (κ2) is 6.13. The third-order valence-electron chi connectivity index (χ3n) is 2.61. The van der Waals surface area contributed by atoms with Crippen molar-refractivity contribution in [3.63, 3.8) is 0 Å². The van der Waals surface area contributed by atoms with Gasteiger partial charge in [-0.1, -0.05) is 6.07 Å². The van der Waals surface area contributed by atoms with Crippen LogP contribution in [0.15, 0.2) is 18.2 Å². The predicted octanol–water partition coefficient (Wildman–Crippen LogP) is 0.605. The molecule has 1 aromatic carbocycles. The van der Waals surface area contributed by atoms with Crippen LogP contribution in [0.4, 0.5) is 5.69 Å². The summed E-state index contributed by atoms with van der Waals surface area (Å²) in [5.41, 5.74) is 6.45. The highest BCUT2D eigenvalue weighted by Crippen LogP contribution is 2.19. The van der Waals surface area contributed by atoms with Gasteiger partial charge in [-0.25, -0.2) is 4.79 Å². The lowest BCUT2D eigenvalue weighted by Crippen LogP contribution is -2.36. The van der Waals surface area contributed by atoms with E-state index in [0.717, 1.165) is 0 Å². The van der Waals surface area contributed by atoms with Crippen LogP contribution in [0.25, 0.3) is 0 Å². The number of methoxy groups -OCH3 is 1. The van der Waals surface area contributed by atoms with Crippen LogP contribution in [0.2, 0.25) is 0 Å². The van der Waals surface area contributed by atoms with E-state index in [9.17, 15) is 9.59 Å². The molecule has 0 aliphatic heterocycles. The highest BCUT2D eigenvalue weighted by Gasteiger charge is 2.18. The summed E-state index contributed by atoms with van der Waals surface area (Å²) in [6.45, 7) is 1.68. The molecule has 0 aromatic heterocycles. The molecule has 1 aromatic rings. The number of carboxylic acids is 1. The van der Waals surface area contributed by atoms with E-state index in [2.05, 4.69) is 5.32 Å². The number of carbonyl (C=O) groups is 2. The summed E-state index contributed by atoms with van der Waals surface area (Å²) in [5, 5.41) is 11.6. The number of aromatic carboxylic acids is 1. The van der Waals surface area contributed by atoms with Gasteiger partial charge in [-0.3, -0.25) is 4.79 Å². The fraction of sp³-hybridized carbons (Fsp3) is 0.333. The van der Waals surface area contributed by atoms with E-state index >= 15 is 0 Å². The number of carboxylic acid groups (broad SMARTS) is 1. The Kier molecular flexibility index (Phi) is 4.82. The molecule has 0 radical (unpaired) electrons. The first-order valence-corrected chi connectivity index (χ1v) is 5.37. The quantitative estimate of drug-likeness (QED) is 0.712. The molecule has 6 nitrogen and oxygen atoms in total. The van der Waals surface area contributed by atoms with Gasteiger partial charge in [-0.05, 0) is 24.6 Å². The molecule has 6 heteroatoms. The number of rotatable bonds is 5. The molecule has 0 heterocycles. The Balaban J connectivity index is 2.95. The number of ether oxygens (including phenoxy) is 1. The highest BCUT2D eigenvalue weighted by molar-refractivity contribution is 5.97. The van der Waals surface area contributed by atoms with Gasteiger partial charge in [0.1, 0.15) is 6.10 Å². The van der Waals surface area contributed by atoms with E-state index < -0.39 is 18.0 Å². The maximum absolute atomic E-state index is 11.7. The van der Waals surface area contributed by atoms with Crippen molar-refractivity contribution < 1.29 is 19.4 Å². The normalized spacial score (nSPS) is 11.9. The van der Waals surface area contributed by atoms with Crippen LogP contribution < -0.4 is 11.1 Å². The van der Waals surface area contributed by atoms with Crippen molar-refractivity contribution >= 4 is 17.6 Å². The average molecular weight is 252 g/mol. The molecule has 18 heavy (non-hydrogen) atoms. The second-order valence-corrected chi connectivity index (χ2v) is 3.73. The summed E-state index contributed by atoms with van der Waals surface area (Å²) in [5.74, 6) is -1.43. The number of hydrogen-bond donors (Lipinski definition) is 3. The lowest BCUT2D eigenvalue weighted by molar-refractivity contribution is -0.125. The lowest BCUT2D eigenvalue weighted by Gasteiger charge is -2.15. The number of anilines is 1. The molecule has 0 fully saturated rings. The van der Waals surface area contributed by atoms with Gasteiger partial charge in [-0.15, -0.1) is 0 Å². The van der Waals surface area contributed by atoms with Gasteiger partial charge in [0.25, 0.3) is 5.91 Å². The standard InChI is InChI=1S/C12H16N2O4/c1-7-8(12(16)17)4-3-5-9(7)14-11(15)10(6-13)18-2/h3-5,10H,6,13H2,1-2H3,(H,14,15)(H,16,17). The second-order valence-electron chi connectivity index (χ2n) is 3.73. The molecule has 1 atom stereocenters. The van der Waals surface area contributed by atoms with Gasteiger partial charge < -0.3 is 20.9 Å². The maximum Gasteiger partial charge on any atom is 0.336 e. The first kappa shape index (κ1) is 14.1. The first-order valence-electron chi connectivity index (χ1n) is 5.37. The molecular formula is C12H16N2O4. The molecule has 1 rings (SSSR count). The van der Waals surface area contributed by atoms with Gasteiger partial charge in [-0.2, -0.15) is 0 Å². The van der Waals surface area contributed by atoms with E-state index in [1.807, 2.05) is 0 Å². The van der Waals surface area contributed by atoms with Crippen LogP contribution in [0.5, 0.6) is 0 Å². The van der Waals surface area contributed by atoms with Crippen molar-refractivity contribution in [3.05, 3.63) is 29.3 Å². The zero-order valence-corrected chi connectivity index (χ0v) is 10.3. The number of benzene rings is 1. The molecule has 4 N–H and O–H groups in total. The summed E-state index contributed by atoms with van der Waals surface area (Å²) in [6, 6.07) is 4.67. The maximum atomic E-state index is 11.7. The summed E-state index contributed by atoms with van der Waals surface area (Å²) in [7, 11) is 1.39. The van der Waals surface area contributed by atoms with Gasteiger partial charge in [0.2, 0.25) is 0 Å². The van der Waals surface area contributed by atoms with Crippen LogP contribution in [-0.2, 0) is 9.53 Å². The van der Waals surface area contributed by atoms with E-state index in [4.69, 9.17) is 15.6 Å². The SMILES string of the molecule is COC(CN)C(=O)Nc1cccc(C(=O)O)c1C. The fourth-order valence-electron chi connectivity index (χ4n) is 1.53. The largest absolute Gasteiger partial charge is 0.478 e. The van der Waals surface area contributed by atoms with Crippen molar-refractivity contribution in [2.45, 2.75) is 13.0 Å².